The fourth-order valence-corrected chi connectivity index (χ4v) is 4.48. The molecule has 0 aliphatic carbocycles. The molecule has 1 unspecified atom stereocenters. The number of Topliss-reactive ketones (excluding diaryl/α,β-unsaturated/α-hetero) is 1. The van der Waals surface area contributed by atoms with Gasteiger partial charge < -0.3 is 14.8 Å². The van der Waals surface area contributed by atoms with Crippen molar-refractivity contribution in [2.24, 2.45) is 0 Å². The number of ether oxygens (including phenoxy) is 2. The third-order valence-corrected chi connectivity index (χ3v) is 6.21. The Labute approximate surface area is 222 Å². The Hall–Kier alpha value is -3.49. The molecule has 206 valence electrons. The van der Waals surface area contributed by atoms with Crippen molar-refractivity contribution in [3.63, 3.8) is 0 Å². The van der Waals surface area contributed by atoms with Gasteiger partial charge in [0, 0.05) is 23.6 Å². The Morgan fingerprint density at radius 1 is 1.08 bits per heavy atom. The number of carbonyl (C=O) groups excluding carboxylic acids is 2. The van der Waals surface area contributed by atoms with Crippen LogP contribution >= 0.6 is 0 Å². The molecule has 0 saturated carbocycles. The summed E-state index contributed by atoms with van der Waals surface area (Å²) in [6.45, 7) is 12.7. The zero-order valence-corrected chi connectivity index (χ0v) is 23.2. The number of pyridine rings is 1. The Kier molecular flexibility index (Phi) is 8.79. The number of halogens is 2. The number of amides is 1. The van der Waals surface area contributed by atoms with Gasteiger partial charge in [-0.05, 0) is 72.1 Å². The molecule has 0 saturated heterocycles. The van der Waals surface area contributed by atoms with Crippen LogP contribution in [0, 0.1) is 25.5 Å². The summed E-state index contributed by atoms with van der Waals surface area (Å²) in [7, 11) is 0. The van der Waals surface area contributed by atoms with Crippen LogP contribution < -0.4 is 10.1 Å². The highest BCUT2D eigenvalue weighted by atomic mass is 19.2. The average molecular weight is 530 g/mol. The summed E-state index contributed by atoms with van der Waals surface area (Å²) < 4.78 is 40.5. The van der Waals surface area contributed by atoms with Crippen LogP contribution in [0.2, 0.25) is 0 Å². The fourth-order valence-electron chi connectivity index (χ4n) is 4.48. The highest BCUT2D eigenvalue weighted by Crippen LogP contribution is 2.28. The van der Waals surface area contributed by atoms with Gasteiger partial charge in [0.25, 0.3) is 0 Å². The number of nitrogens with zero attached hydrogens (tertiary/aromatic N) is 2. The van der Waals surface area contributed by atoms with Crippen LogP contribution in [0.5, 0.6) is 5.88 Å². The lowest BCUT2D eigenvalue weighted by atomic mass is 9.88. The van der Waals surface area contributed by atoms with Gasteiger partial charge in [-0.25, -0.2) is 18.1 Å². The maximum atomic E-state index is 14.1. The van der Waals surface area contributed by atoms with E-state index in [0.29, 0.717) is 35.5 Å². The van der Waals surface area contributed by atoms with Crippen LogP contribution in [0.1, 0.15) is 87.5 Å². The molecule has 0 spiro atoms. The minimum absolute atomic E-state index is 0.0764. The van der Waals surface area contributed by atoms with E-state index < -0.39 is 28.9 Å². The maximum Gasteiger partial charge on any atom is 0.408 e. The third-order valence-electron chi connectivity index (χ3n) is 6.21. The summed E-state index contributed by atoms with van der Waals surface area (Å²) in [6, 6.07) is 7.49. The Bertz CT molecular complexity index is 1330. The number of benzene rings is 1. The van der Waals surface area contributed by atoms with Gasteiger partial charge in [0.2, 0.25) is 5.88 Å². The minimum Gasteiger partial charge on any atom is -0.473 e. The number of nitrogens with one attached hydrogen (secondary N) is 1. The van der Waals surface area contributed by atoms with E-state index >= 15 is 0 Å². The average Bonchev–Trinajstić information content (AvgIpc) is 3.12. The highest BCUT2D eigenvalue weighted by Gasteiger charge is 2.30. The molecule has 7 nitrogen and oxygen atoms in total. The largest absolute Gasteiger partial charge is 0.473 e. The van der Waals surface area contributed by atoms with Gasteiger partial charge in [-0.2, -0.15) is 5.10 Å². The van der Waals surface area contributed by atoms with Crippen molar-refractivity contribution in [2.75, 3.05) is 0 Å². The first-order chi connectivity index (χ1) is 17.7. The molecular weight excluding hydrogens is 492 g/mol. The lowest BCUT2D eigenvalue weighted by molar-refractivity contribution is 0.0448. The molecule has 0 radical (unpaired) electrons. The number of alkyl carbamates (subject to hydrolysis) is 1. The Morgan fingerprint density at radius 2 is 1.79 bits per heavy atom. The maximum absolute atomic E-state index is 14.1. The van der Waals surface area contributed by atoms with Crippen molar-refractivity contribution in [2.45, 2.75) is 91.9 Å². The van der Waals surface area contributed by atoms with Gasteiger partial charge in [0.1, 0.15) is 12.2 Å². The van der Waals surface area contributed by atoms with Crippen LogP contribution in [0.25, 0.3) is 5.52 Å². The first kappa shape index (κ1) is 29.1. The van der Waals surface area contributed by atoms with E-state index in [1.807, 2.05) is 26.8 Å². The molecule has 0 bridgehead atoms. The minimum atomic E-state index is -0.959. The number of hydrogen-bond acceptors (Lipinski definition) is 5. The molecule has 9 heteroatoms. The Morgan fingerprint density at radius 3 is 2.45 bits per heavy atom. The number of hydrogen-bond donors (Lipinski definition) is 1. The van der Waals surface area contributed by atoms with E-state index in [1.165, 1.54) is 16.6 Å². The van der Waals surface area contributed by atoms with Crippen molar-refractivity contribution in [1.82, 2.24) is 14.9 Å². The second-order valence-electron chi connectivity index (χ2n) is 11.0. The topological polar surface area (TPSA) is 81.9 Å². The smallest absolute Gasteiger partial charge is 0.408 e. The van der Waals surface area contributed by atoms with Gasteiger partial charge >= 0.3 is 6.09 Å². The molecular formula is C29H37F2N3O4. The molecule has 38 heavy (non-hydrogen) atoms. The molecule has 1 amide bonds. The normalized spacial score (nSPS) is 13.3. The standard InChI is InChI=1S/C29H37F2N3O4/c1-8-13-29(7,32-27(36)38-28(4,5)6)14-12-23(35)25-19(3)33-34-22(25)15-18(2)16-24(34)37-17-20-10-9-11-21(30)26(20)31/h9-11,15-16H,8,12-14,17H2,1-7H3,(H,32,36). The number of aryl methyl sites for hydroxylation is 2. The number of rotatable bonds is 10. The first-order valence-electron chi connectivity index (χ1n) is 12.8. The zero-order valence-electron chi connectivity index (χ0n) is 23.2. The Balaban J connectivity index is 1.82. The third kappa shape index (κ3) is 7.08. The lowest BCUT2D eigenvalue weighted by Crippen LogP contribution is -2.48. The second-order valence-corrected chi connectivity index (χ2v) is 11.0. The van der Waals surface area contributed by atoms with E-state index in [4.69, 9.17) is 9.47 Å². The summed E-state index contributed by atoms with van der Waals surface area (Å²) in [6.07, 6.45) is 1.60. The van der Waals surface area contributed by atoms with Gasteiger partial charge in [-0.3, -0.25) is 4.79 Å². The molecule has 2 heterocycles. The van der Waals surface area contributed by atoms with E-state index in [2.05, 4.69) is 10.4 Å². The summed E-state index contributed by atoms with van der Waals surface area (Å²) >= 11 is 0. The summed E-state index contributed by atoms with van der Waals surface area (Å²) in [4.78, 5) is 25.9. The second kappa shape index (κ2) is 11.5. The van der Waals surface area contributed by atoms with Crippen molar-refractivity contribution >= 4 is 17.4 Å². The SMILES string of the molecule is CCCC(C)(CCC(=O)c1c(C)nn2c(OCc3cccc(F)c3F)cc(C)cc12)NC(=O)OC(C)(C)C. The predicted octanol–water partition coefficient (Wildman–Crippen LogP) is 6.85. The molecule has 1 N–H and O–H groups in total. The van der Waals surface area contributed by atoms with E-state index in [1.54, 1.807) is 33.8 Å². The van der Waals surface area contributed by atoms with E-state index in [-0.39, 0.29) is 24.4 Å². The first-order valence-corrected chi connectivity index (χ1v) is 12.8. The van der Waals surface area contributed by atoms with Crippen LogP contribution in [0.3, 0.4) is 0 Å². The zero-order chi connectivity index (χ0) is 28.3. The number of carbonyl (C=O) groups is 2. The van der Waals surface area contributed by atoms with Gasteiger partial charge in [0.05, 0.1) is 16.8 Å². The molecule has 1 atom stereocenters. The molecule has 3 aromatic rings. The molecule has 0 aliphatic heterocycles. The molecule has 0 fully saturated rings. The molecule has 1 aromatic carbocycles. The van der Waals surface area contributed by atoms with Crippen molar-refractivity contribution in [1.29, 1.82) is 0 Å². The highest BCUT2D eigenvalue weighted by molar-refractivity contribution is 6.03. The molecule has 0 aliphatic rings. The van der Waals surface area contributed by atoms with Crippen molar-refractivity contribution in [3.8, 4) is 5.88 Å². The number of ketones is 1. The van der Waals surface area contributed by atoms with Crippen LogP contribution in [0.4, 0.5) is 13.6 Å². The quantitative estimate of drug-likeness (QED) is 0.290. The predicted molar refractivity (Wildman–Crippen MR) is 142 cm³/mol. The summed E-state index contributed by atoms with van der Waals surface area (Å²) in [5.74, 6) is -1.70. The summed E-state index contributed by atoms with van der Waals surface area (Å²) in [5, 5.41) is 7.46. The van der Waals surface area contributed by atoms with Crippen LogP contribution in [-0.4, -0.2) is 32.6 Å². The van der Waals surface area contributed by atoms with E-state index in [9.17, 15) is 18.4 Å². The van der Waals surface area contributed by atoms with E-state index in [0.717, 1.165) is 18.1 Å². The van der Waals surface area contributed by atoms with Gasteiger partial charge in [-0.1, -0.05) is 25.5 Å². The van der Waals surface area contributed by atoms with Crippen LogP contribution in [0.15, 0.2) is 30.3 Å². The fraction of sp³-hybridized carbons (Fsp3) is 0.483. The molecule has 2 aromatic heterocycles. The molecule has 3 rings (SSSR count). The van der Waals surface area contributed by atoms with Crippen LogP contribution in [-0.2, 0) is 11.3 Å². The lowest BCUT2D eigenvalue weighted by Gasteiger charge is -2.32. The number of fused-ring (bicyclic) bond motifs is 1. The number of aromatic nitrogens is 2. The van der Waals surface area contributed by atoms with Gasteiger partial charge in [0.15, 0.2) is 17.4 Å². The monoisotopic (exact) mass is 529 g/mol. The van der Waals surface area contributed by atoms with Gasteiger partial charge in [-0.15, -0.1) is 0 Å². The van der Waals surface area contributed by atoms with Crippen molar-refractivity contribution < 1.29 is 27.8 Å². The summed E-state index contributed by atoms with van der Waals surface area (Å²) in [5.41, 5.74) is 1.21. The van der Waals surface area contributed by atoms with Crippen molar-refractivity contribution in [3.05, 3.63) is 64.4 Å².